The van der Waals surface area contributed by atoms with Gasteiger partial charge in [-0.25, -0.2) is 0 Å². The van der Waals surface area contributed by atoms with E-state index < -0.39 is 12.0 Å². The fraction of sp³-hybridized carbons (Fsp3) is 0.182. The molecule has 0 aliphatic rings. The van der Waals surface area contributed by atoms with E-state index in [1.807, 2.05) is 30.5 Å². The molecule has 0 unspecified atom stereocenters. The van der Waals surface area contributed by atoms with Crippen molar-refractivity contribution < 1.29 is 9.90 Å². The summed E-state index contributed by atoms with van der Waals surface area (Å²) in [4.78, 5) is 13.7. The number of hydrogen-bond acceptors (Lipinski definition) is 2. The van der Waals surface area contributed by atoms with Crippen molar-refractivity contribution in [2.24, 2.45) is 5.73 Å². The van der Waals surface area contributed by atoms with E-state index in [9.17, 15) is 4.79 Å². The number of rotatable bonds is 3. The number of aromatic amines is 1. The zero-order valence-electron chi connectivity index (χ0n) is 8.10. The lowest BCUT2D eigenvalue weighted by atomic mass is 11.0. The van der Waals surface area contributed by atoms with E-state index in [1.54, 1.807) is 0 Å². The minimum atomic E-state index is -0.972. The first kappa shape index (κ1) is 9.73. The molecule has 1 atom stereocenters. The Bertz CT molecular complexity index is 490. The molecule has 1 aromatic carbocycles. The van der Waals surface area contributed by atoms with E-state index in [4.69, 9.17) is 10.8 Å². The smallest absolute Gasteiger partial charge is 0.320 e. The summed E-state index contributed by atoms with van der Waals surface area (Å²) in [5.41, 5.74) is 7.43. The van der Waals surface area contributed by atoms with Crippen molar-refractivity contribution in [3.05, 3.63) is 36.0 Å². The van der Waals surface area contributed by atoms with Crippen LogP contribution in [-0.2, 0) is 11.2 Å². The zero-order valence-corrected chi connectivity index (χ0v) is 8.10. The van der Waals surface area contributed by atoms with Crippen molar-refractivity contribution in [1.82, 2.24) is 4.98 Å². The highest BCUT2D eigenvalue weighted by Gasteiger charge is 2.14. The second kappa shape index (κ2) is 3.74. The molecule has 0 bridgehead atoms. The molecule has 4 heteroatoms. The predicted octanol–water partition coefficient (Wildman–Crippen LogP) is 1.12. The van der Waals surface area contributed by atoms with Gasteiger partial charge in [-0.15, -0.1) is 0 Å². The molecule has 15 heavy (non-hydrogen) atoms. The summed E-state index contributed by atoms with van der Waals surface area (Å²) >= 11 is 0. The molecule has 1 heterocycles. The van der Waals surface area contributed by atoms with Crippen molar-refractivity contribution in [2.45, 2.75) is 12.5 Å². The largest absolute Gasteiger partial charge is 0.480 e. The molecule has 4 nitrogen and oxygen atoms in total. The number of carboxylic acid groups (broad SMARTS) is 1. The van der Waals surface area contributed by atoms with Gasteiger partial charge in [0.1, 0.15) is 6.04 Å². The Balaban J connectivity index is 2.32. The molecule has 0 saturated heterocycles. The third-order valence-electron chi connectivity index (χ3n) is 2.43. The maximum absolute atomic E-state index is 10.6. The highest BCUT2D eigenvalue weighted by Crippen LogP contribution is 2.18. The van der Waals surface area contributed by atoms with Crippen LogP contribution >= 0.6 is 0 Å². The van der Waals surface area contributed by atoms with Gasteiger partial charge in [0.2, 0.25) is 0 Å². The molecular formula is C11H12N2O2. The molecule has 78 valence electrons. The fourth-order valence-electron chi connectivity index (χ4n) is 1.62. The van der Waals surface area contributed by atoms with Crippen molar-refractivity contribution in [2.75, 3.05) is 0 Å². The SMILES string of the molecule is N[13C@H]([13CH2][13c]1[13cH][nH][13c]2[13cH][13cH][13cH][13cH][13c]12)[13C](=O)O. The summed E-state index contributed by atoms with van der Waals surface area (Å²) in [6.07, 6.45) is 2.16. The van der Waals surface area contributed by atoms with Gasteiger partial charge in [-0.1, -0.05) is 18.2 Å². The Morgan fingerprint density at radius 3 is 2.93 bits per heavy atom. The monoisotopic (exact) mass is 215 g/mol. The minimum Gasteiger partial charge on any atom is -0.480 e. The quantitative estimate of drug-likeness (QED) is 0.671. The van der Waals surface area contributed by atoms with Gasteiger partial charge in [-0.2, -0.15) is 0 Å². The lowest BCUT2D eigenvalue weighted by molar-refractivity contribution is -0.138. The van der Waals surface area contributed by atoms with Crippen LogP contribution in [0, 0.1) is 0 Å². The number of nitrogens with one attached hydrogen (secondary N) is 1. The van der Waals surface area contributed by atoms with Gasteiger partial charge in [0, 0.05) is 23.5 Å². The van der Waals surface area contributed by atoms with Gasteiger partial charge < -0.3 is 15.8 Å². The number of H-pyrrole nitrogens is 1. The Morgan fingerprint density at radius 2 is 2.20 bits per heavy atom. The van der Waals surface area contributed by atoms with Crippen LogP contribution in [0.4, 0.5) is 0 Å². The van der Waals surface area contributed by atoms with Crippen LogP contribution < -0.4 is 5.73 Å². The number of carbonyl (C=O) groups is 1. The number of para-hydroxylation sites is 1. The number of hydrogen-bond donors (Lipinski definition) is 3. The second-order valence-corrected chi connectivity index (χ2v) is 3.51. The van der Waals surface area contributed by atoms with Gasteiger partial charge >= 0.3 is 5.97 Å². The van der Waals surface area contributed by atoms with Crippen LogP contribution in [0.2, 0.25) is 0 Å². The maximum Gasteiger partial charge on any atom is 0.320 e. The highest BCUT2D eigenvalue weighted by atomic mass is 16.5. The molecule has 0 radical (unpaired) electrons. The summed E-state index contributed by atoms with van der Waals surface area (Å²) in [6, 6.07) is 6.91. The van der Waals surface area contributed by atoms with Crippen LogP contribution in [0.1, 0.15) is 5.56 Å². The summed E-state index contributed by atoms with van der Waals surface area (Å²) in [5.74, 6) is -0.972. The third kappa shape index (κ3) is 1.85. The number of fused-ring (bicyclic) bond motifs is 1. The molecule has 0 amide bonds. The van der Waals surface area contributed by atoms with E-state index in [0.717, 1.165) is 16.5 Å². The van der Waals surface area contributed by atoms with Gasteiger partial charge in [-0.05, 0) is 11.6 Å². The Hall–Kier alpha value is -1.81. The minimum absolute atomic E-state index is 0.347. The van der Waals surface area contributed by atoms with Crippen molar-refractivity contribution >= 4 is 16.9 Å². The average Bonchev–Trinajstić information content (AvgIpc) is 2.62. The van der Waals surface area contributed by atoms with Gasteiger partial charge in [0.25, 0.3) is 0 Å². The summed E-state index contributed by atoms with van der Waals surface area (Å²) in [5, 5.41) is 9.75. The lowest BCUT2D eigenvalue weighted by Gasteiger charge is -2.04. The van der Waals surface area contributed by atoms with E-state index in [1.165, 1.54) is 0 Å². The van der Waals surface area contributed by atoms with Crippen LogP contribution in [0.5, 0.6) is 0 Å². The van der Waals surface area contributed by atoms with Crippen LogP contribution in [-0.4, -0.2) is 22.1 Å². The first-order chi connectivity index (χ1) is 7.18. The Labute approximate surface area is 86.7 Å². The molecule has 0 aliphatic heterocycles. The first-order valence-electron chi connectivity index (χ1n) is 4.72. The number of aromatic nitrogens is 1. The topological polar surface area (TPSA) is 79.1 Å². The standard InChI is InChI=1S/C11H12N2O2/c12-9(11(14)15)5-7-6-13-10-4-2-1-3-8(7)10/h1-4,6,9,13H,5,12H2,(H,14,15)/t9-/m1/s1/i1+1,2+1,3+1,4+1,5+1,6+1,7+1,8+1,9+1,10+1,11+1. The zero-order chi connectivity index (χ0) is 10.8. The predicted molar refractivity (Wildman–Crippen MR) is 57.6 cm³/mol. The molecule has 0 saturated carbocycles. The Kier molecular flexibility index (Phi) is 2.43. The maximum atomic E-state index is 10.6. The molecule has 1 aromatic heterocycles. The molecule has 0 fully saturated rings. The number of carboxylic acids is 1. The van der Waals surface area contributed by atoms with E-state index in [2.05, 4.69) is 4.98 Å². The van der Waals surface area contributed by atoms with Crippen LogP contribution in [0.3, 0.4) is 0 Å². The van der Waals surface area contributed by atoms with E-state index in [-0.39, 0.29) is 0 Å². The number of benzene rings is 1. The van der Waals surface area contributed by atoms with Crippen LogP contribution in [0.15, 0.2) is 30.5 Å². The van der Waals surface area contributed by atoms with Crippen LogP contribution in [0.25, 0.3) is 10.9 Å². The van der Waals surface area contributed by atoms with Crippen molar-refractivity contribution in [3.8, 4) is 0 Å². The molecular weight excluding hydrogens is 203 g/mol. The lowest BCUT2D eigenvalue weighted by Crippen LogP contribution is -2.32. The first-order valence-corrected chi connectivity index (χ1v) is 4.72. The molecule has 2 aromatic rings. The number of aliphatic carboxylic acids is 1. The highest BCUT2D eigenvalue weighted by molar-refractivity contribution is 5.84. The number of nitrogens with two attached hydrogens (primary N) is 1. The fourth-order valence-corrected chi connectivity index (χ4v) is 1.62. The second-order valence-electron chi connectivity index (χ2n) is 3.51. The van der Waals surface area contributed by atoms with E-state index in [0.29, 0.717) is 6.42 Å². The van der Waals surface area contributed by atoms with Gasteiger partial charge in [0.15, 0.2) is 0 Å². The summed E-state index contributed by atoms with van der Waals surface area (Å²) in [7, 11) is 0. The average molecular weight is 215 g/mol. The van der Waals surface area contributed by atoms with Crippen molar-refractivity contribution in [1.29, 1.82) is 0 Å². The van der Waals surface area contributed by atoms with E-state index >= 15 is 0 Å². The normalized spacial score (nSPS) is 12.9. The molecule has 2 rings (SSSR count). The summed E-state index contributed by atoms with van der Waals surface area (Å²) < 4.78 is 0. The molecule has 0 spiro atoms. The third-order valence-corrected chi connectivity index (χ3v) is 2.43. The van der Waals surface area contributed by atoms with Gasteiger partial charge in [-0.3, -0.25) is 4.79 Å². The van der Waals surface area contributed by atoms with Gasteiger partial charge in [0.05, 0.1) is 0 Å². The molecule has 0 aliphatic carbocycles. The van der Waals surface area contributed by atoms with Crippen molar-refractivity contribution in [3.63, 3.8) is 0 Å². The molecule has 4 N–H and O–H groups in total. The summed E-state index contributed by atoms with van der Waals surface area (Å²) in [6.45, 7) is 0. The Morgan fingerprint density at radius 1 is 1.47 bits per heavy atom.